The van der Waals surface area contributed by atoms with Gasteiger partial charge in [0.15, 0.2) is 6.29 Å². The molecule has 0 aliphatic rings. The lowest BCUT2D eigenvalue weighted by atomic mass is 10.3. The van der Waals surface area contributed by atoms with Crippen LogP contribution in [0.5, 0.6) is 0 Å². The van der Waals surface area contributed by atoms with Gasteiger partial charge in [0, 0.05) is 58.8 Å². The Bertz CT molecular complexity index is 839. The number of carboxylic acid groups (broad SMARTS) is 4. The topological polar surface area (TPSA) is 267 Å². The molecule has 1 unspecified atom stereocenters. The molecule has 0 saturated heterocycles. The van der Waals surface area contributed by atoms with Crippen molar-refractivity contribution < 1.29 is 69.2 Å². The summed E-state index contributed by atoms with van der Waals surface area (Å²) in [6.07, 6.45) is 1.08. The summed E-state index contributed by atoms with van der Waals surface area (Å²) >= 11 is 1.53. The largest absolute Gasteiger partial charge is 0.480 e. The van der Waals surface area contributed by atoms with E-state index in [-0.39, 0.29) is 45.9 Å². The van der Waals surface area contributed by atoms with Crippen LogP contribution in [0.4, 0.5) is 0 Å². The molecule has 0 saturated carbocycles. The fourth-order valence-electron chi connectivity index (χ4n) is 3.43. The maximum atomic E-state index is 12.4. The summed E-state index contributed by atoms with van der Waals surface area (Å²) in [6, 6.07) is 0. The number of aliphatic hydroxyl groups is 3. The van der Waals surface area contributed by atoms with E-state index in [1.807, 2.05) is 0 Å². The lowest BCUT2D eigenvalue weighted by Crippen LogP contribution is -2.46. The van der Waals surface area contributed by atoms with Crippen molar-refractivity contribution in [3.63, 3.8) is 0 Å². The molecule has 2 atom stereocenters. The number of nitrogens with one attached hydrogen (secondary N) is 1. The number of thioether (sulfide) groups is 1. The fraction of sp³-hybridized carbons (Fsp3) is 0.839. The van der Waals surface area contributed by atoms with Crippen LogP contribution in [0.3, 0.4) is 0 Å². The molecule has 0 aromatic rings. The van der Waals surface area contributed by atoms with Crippen LogP contribution in [0.2, 0.25) is 0 Å². The number of aliphatic hydroxyl groups excluding tert-OH is 3. The first kappa shape index (κ1) is 54.2. The first-order valence-corrected chi connectivity index (χ1v) is 17.7. The van der Waals surface area contributed by atoms with Gasteiger partial charge in [-0.3, -0.25) is 38.7 Å². The number of aliphatic carboxylic acids is 4. The zero-order valence-electron chi connectivity index (χ0n) is 30.6. The third kappa shape index (κ3) is 41.6. The molecular formula is C31H64N4O14S. The van der Waals surface area contributed by atoms with E-state index in [2.05, 4.69) is 33.0 Å². The molecule has 0 aromatic heterocycles. The van der Waals surface area contributed by atoms with Crippen molar-refractivity contribution in [3.05, 3.63) is 0 Å². The minimum atomic E-state index is -1.24. The lowest BCUT2D eigenvalue weighted by Gasteiger charge is -2.27. The predicted octanol–water partition coefficient (Wildman–Crippen LogP) is -0.356. The van der Waals surface area contributed by atoms with E-state index >= 15 is 0 Å². The monoisotopic (exact) mass is 748 g/mol. The van der Waals surface area contributed by atoms with Crippen LogP contribution < -0.4 is 5.32 Å². The number of carbonyl (C=O) groups is 5. The number of carbonyl (C=O) groups excluding carboxylic acids is 1. The number of hydrogen-bond donors (Lipinski definition) is 8. The predicted molar refractivity (Wildman–Crippen MR) is 189 cm³/mol. The Labute approximate surface area is 300 Å². The number of rotatable bonds is 27. The highest BCUT2D eigenvalue weighted by Gasteiger charge is 2.20. The minimum Gasteiger partial charge on any atom is -0.480 e. The van der Waals surface area contributed by atoms with Gasteiger partial charge in [0.25, 0.3) is 0 Å². The van der Waals surface area contributed by atoms with Crippen molar-refractivity contribution in [2.24, 2.45) is 0 Å². The second-order valence-corrected chi connectivity index (χ2v) is 11.8. The molecule has 50 heavy (non-hydrogen) atoms. The normalized spacial score (nSPS) is 11.7. The maximum Gasteiger partial charge on any atom is 0.317 e. The molecule has 0 heterocycles. The summed E-state index contributed by atoms with van der Waals surface area (Å²) in [7, 11) is 1.29. The zero-order valence-corrected chi connectivity index (χ0v) is 31.4. The van der Waals surface area contributed by atoms with Gasteiger partial charge in [-0.05, 0) is 19.1 Å². The Hall–Kier alpha value is -2.62. The summed E-state index contributed by atoms with van der Waals surface area (Å²) in [5.74, 6) is -4.00. The van der Waals surface area contributed by atoms with Crippen LogP contribution in [0.1, 0.15) is 53.9 Å². The second kappa shape index (κ2) is 39.2. The van der Waals surface area contributed by atoms with Gasteiger partial charge in [-0.1, -0.05) is 40.5 Å². The Morgan fingerprint density at radius 2 is 1.06 bits per heavy atom. The highest BCUT2D eigenvalue weighted by atomic mass is 32.2. The second-order valence-electron chi connectivity index (χ2n) is 10.5. The molecule has 0 radical (unpaired) electrons. The van der Waals surface area contributed by atoms with Crippen molar-refractivity contribution >= 4 is 41.5 Å². The van der Waals surface area contributed by atoms with Gasteiger partial charge in [-0.2, -0.15) is 11.8 Å². The van der Waals surface area contributed by atoms with E-state index in [0.29, 0.717) is 31.1 Å². The molecular weight excluding hydrogens is 684 g/mol. The van der Waals surface area contributed by atoms with E-state index in [4.69, 9.17) is 29.9 Å². The molecule has 18 nitrogen and oxygen atoms in total. The lowest BCUT2D eigenvalue weighted by molar-refractivity contribution is -0.174. The summed E-state index contributed by atoms with van der Waals surface area (Å²) in [4.78, 5) is 60.7. The summed E-state index contributed by atoms with van der Waals surface area (Å²) in [5, 5.41) is 65.2. The Morgan fingerprint density at radius 1 is 0.680 bits per heavy atom. The van der Waals surface area contributed by atoms with Crippen molar-refractivity contribution in [2.45, 2.75) is 66.3 Å². The first-order valence-electron chi connectivity index (χ1n) is 16.5. The van der Waals surface area contributed by atoms with Gasteiger partial charge in [-0.15, -0.1) is 0 Å². The Kier molecular flexibility index (Phi) is 42.4. The van der Waals surface area contributed by atoms with Gasteiger partial charge in [0.05, 0.1) is 39.3 Å². The summed E-state index contributed by atoms with van der Waals surface area (Å²) in [5.41, 5.74) is 0. The molecule has 0 bridgehead atoms. The quantitative estimate of drug-likeness (QED) is 0.0394. The van der Waals surface area contributed by atoms with Crippen LogP contribution >= 0.6 is 11.8 Å². The molecule has 0 aromatic carbocycles. The van der Waals surface area contributed by atoms with Crippen LogP contribution in [0, 0.1) is 0 Å². The molecule has 0 fully saturated rings. The summed E-state index contributed by atoms with van der Waals surface area (Å²) < 4.78 is 10.0. The van der Waals surface area contributed by atoms with Crippen LogP contribution in [0.25, 0.3) is 0 Å². The highest BCUT2D eigenvalue weighted by molar-refractivity contribution is 7.99. The van der Waals surface area contributed by atoms with Crippen LogP contribution in [-0.4, -0.2) is 197 Å². The molecule has 1 amide bonds. The SMILES string of the molecule is CCC.CCC.CCO.COC(O)[C@H](CO)OCCCSCCNC(=O)CN(CCN(CCN(CC(=O)O)CC(=O)O)CC(=O)O)CC(=O)O. The molecule has 0 aliphatic carbocycles. The van der Waals surface area contributed by atoms with Gasteiger partial charge in [0.1, 0.15) is 6.10 Å². The van der Waals surface area contributed by atoms with Crippen molar-refractivity contribution in [3.8, 4) is 0 Å². The molecule has 298 valence electrons. The summed E-state index contributed by atoms with van der Waals surface area (Å²) in [6.45, 7) is 8.42. The average Bonchev–Trinajstić information content (AvgIpc) is 3.01. The smallest absolute Gasteiger partial charge is 0.317 e. The van der Waals surface area contributed by atoms with Crippen LogP contribution in [-0.2, 0) is 33.4 Å². The Balaban J connectivity index is -0.00000105. The number of nitrogens with zero attached hydrogens (tertiary/aromatic N) is 3. The number of methoxy groups -OCH3 is 1. The molecule has 0 rings (SSSR count). The molecule has 0 aliphatic heterocycles. The number of amides is 1. The van der Waals surface area contributed by atoms with Gasteiger partial charge >= 0.3 is 23.9 Å². The molecule has 8 N–H and O–H groups in total. The average molecular weight is 749 g/mol. The third-order valence-corrected chi connectivity index (χ3v) is 6.41. The molecule has 19 heteroatoms. The number of carboxylic acids is 4. The maximum absolute atomic E-state index is 12.4. The van der Waals surface area contributed by atoms with Gasteiger partial charge in [0.2, 0.25) is 5.91 Å². The van der Waals surface area contributed by atoms with Crippen LogP contribution in [0.15, 0.2) is 0 Å². The van der Waals surface area contributed by atoms with Gasteiger partial charge < -0.3 is 50.5 Å². The zero-order chi connectivity index (χ0) is 39.3. The Morgan fingerprint density at radius 3 is 1.44 bits per heavy atom. The van der Waals surface area contributed by atoms with E-state index in [0.717, 1.165) is 4.90 Å². The van der Waals surface area contributed by atoms with Gasteiger partial charge in [-0.25, -0.2) is 0 Å². The van der Waals surface area contributed by atoms with Crippen molar-refractivity contribution in [1.82, 2.24) is 20.0 Å². The van der Waals surface area contributed by atoms with Crippen molar-refractivity contribution in [1.29, 1.82) is 0 Å². The van der Waals surface area contributed by atoms with E-state index in [9.17, 15) is 39.3 Å². The van der Waals surface area contributed by atoms with E-state index < -0.39 is 68.4 Å². The van der Waals surface area contributed by atoms with E-state index in [1.165, 1.54) is 41.5 Å². The fourth-order valence-corrected chi connectivity index (χ4v) is 4.20. The number of hydrogen-bond acceptors (Lipinski definition) is 14. The third-order valence-electron chi connectivity index (χ3n) is 5.34. The first-order chi connectivity index (χ1) is 23.6. The standard InChI is InChI=1S/C23H42N4O13S.2C3H8.C2H6O/c1-39-23(38)17(16-28)40-8-2-9-41-10-3-24-18(29)11-26(13-20(32)33)6-4-25(12-19(30)31)5-7-27(14-21(34)35)15-22(36)37;2*1-3-2;1-2-3/h17,23,28,38H,2-16H2,1H3,(H,24,29)(H,30,31)(H,32,33)(H,34,35)(H,36,37);2*3H2,1-2H3;3H,2H2,1H3/t17-,23?;;;/m0.../s1. The highest BCUT2D eigenvalue weighted by Crippen LogP contribution is 2.05. The van der Waals surface area contributed by atoms with Crippen molar-refractivity contribution in [2.75, 3.05) is 104 Å². The van der Waals surface area contributed by atoms with E-state index in [1.54, 1.807) is 6.92 Å². The minimum absolute atomic E-state index is 0.00977. The number of ether oxygens (including phenoxy) is 2. The molecule has 0 spiro atoms.